The van der Waals surface area contributed by atoms with Crippen molar-refractivity contribution in [1.29, 1.82) is 0 Å². The summed E-state index contributed by atoms with van der Waals surface area (Å²) in [4.78, 5) is 1.83. The van der Waals surface area contributed by atoms with Crippen LogP contribution in [0.3, 0.4) is 0 Å². The largest absolute Gasteiger partial charge is 0.505 e. The molecule has 0 radical (unpaired) electrons. The summed E-state index contributed by atoms with van der Waals surface area (Å²) in [6.07, 6.45) is 0. The highest BCUT2D eigenvalue weighted by Gasteiger charge is 2.03. The molecule has 1 nitrogen and oxygen atoms in total. The number of phenolic OH excluding ortho intramolecular Hbond substituents is 1. The van der Waals surface area contributed by atoms with Gasteiger partial charge in [-0.1, -0.05) is 29.5 Å². The molecule has 2 aromatic rings. The summed E-state index contributed by atoms with van der Waals surface area (Å²) in [7, 11) is 0. The van der Waals surface area contributed by atoms with E-state index >= 15 is 0 Å². The highest BCUT2D eigenvalue weighted by Crippen LogP contribution is 2.30. The quantitative estimate of drug-likeness (QED) is 0.847. The van der Waals surface area contributed by atoms with Gasteiger partial charge in [0.2, 0.25) is 0 Å². The Labute approximate surface area is 97.9 Å². The summed E-state index contributed by atoms with van der Waals surface area (Å²) in [6, 6.07) is 12.4. The average Bonchev–Trinajstić information content (AvgIpc) is 2.27. The zero-order valence-electron chi connectivity index (χ0n) is 8.77. The van der Waals surface area contributed by atoms with Crippen LogP contribution in [0.5, 0.6) is 5.75 Å². The lowest BCUT2D eigenvalue weighted by Gasteiger charge is -2.03. The van der Waals surface area contributed by atoms with E-state index in [0.29, 0.717) is 0 Å². The maximum atomic E-state index is 13.1. The van der Waals surface area contributed by atoms with Crippen molar-refractivity contribution in [1.82, 2.24) is 0 Å². The zero-order valence-corrected chi connectivity index (χ0v) is 9.59. The van der Waals surface area contributed by atoms with Crippen molar-refractivity contribution >= 4 is 11.8 Å². The van der Waals surface area contributed by atoms with E-state index in [2.05, 4.69) is 0 Å². The van der Waals surface area contributed by atoms with Crippen LogP contribution in [0.25, 0.3) is 0 Å². The van der Waals surface area contributed by atoms with E-state index in [4.69, 9.17) is 5.11 Å². The Morgan fingerprint density at radius 3 is 2.25 bits per heavy atom. The first kappa shape index (κ1) is 11.0. The van der Waals surface area contributed by atoms with Crippen LogP contribution in [0, 0.1) is 12.7 Å². The fraction of sp³-hybridized carbons (Fsp3) is 0.0769. The van der Waals surface area contributed by atoms with E-state index in [1.54, 1.807) is 6.07 Å². The third-order valence-electron chi connectivity index (χ3n) is 2.18. The number of aromatic hydroxyl groups is 1. The Hall–Kier alpha value is -1.48. The first-order chi connectivity index (χ1) is 7.65. The fourth-order valence-electron chi connectivity index (χ4n) is 1.29. The van der Waals surface area contributed by atoms with Gasteiger partial charge in [-0.05, 0) is 37.3 Å². The SMILES string of the molecule is Cc1ccc(Sc2ccc(O)c(F)c2)cc1. The van der Waals surface area contributed by atoms with Crippen LogP contribution in [0.1, 0.15) is 5.56 Å². The minimum Gasteiger partial charge on any atom is -0.505 e. The Kier molecular flexibility index (Phi) is 3.15. The summed E-state index contributed by atoms with van der Waals surface area (Å²) >= 11 is 1.47. The molecular weight excluding hydrogens is 223 g/mol. The first-order valence-electron chi connectivity index (χ1n) is 4.88. The molecule has 16 heavy (non-hydrogen) atoms. The van der Waals surface area contributed by atoms with Crippen LogP contribution in [0.4, 0.5) is 4.39 Å². The van der Waals surface area contributed by atoms with Crippen LogP contribution >= 0.6 is 11.8 Å². The van der Waals surface area contributed by atoms with Crippen molar-refractivity contribution in [3.05, 3.63) is 53.8 Å². The Morgan fingerprint density at radius 2 is 1.62 bits per heavy atom. The molecule has 0 unspecified atom stereocenters. The lowest BCUT2D eigenvalue weighted by Crippen LogP contribution is -1.79. The molecule has 82 valence electrons. The molecule has 2 rings (SSSR count). The number of hydrogen-bond donors (Lipinski definition) is 1. The lowest BCUT2D eigenvalue weighted by molar-refractivity contribution is 0.431. The van der Waals surface area contributed by atoms with Gasteiger partial charge in [0, 0.05) is 9.79 Å². The van der Waals surface area contributed by atoms with Gasteiger partial charge in [-0.25, -0.2) is 4.39 Å². The van der Waals surface area contributed by atoms with Crippen molar-refractivity contribution < 1.29 is 9.50 Å². The summed E-state index contributed by atoms with van der Waals surface area (Å²) in [5, 5.41) is 9.06. The van der Waals surface area contributed by atoms with Crippen molar-refractivity contribution in [2.24, 2.45) is 0 Å². The number of halogens is 1. The van der Waals surface area contributed by atoms with Gasteiger partial charge in [-0.2, -0.15) is 0 Å². The molecule has 0 heterocycles. The minimum atomic E-state index is -0.586. The molecule has 0 spiro atoms. The van der Waals surface area contributed by atoms with Crippen LogP contribution < -0.4 is 0 Å². The van der Waals surface area contributed by atoms with Crippen LogP contribution in [0.2, 0.25) is 0 Å². The molecule has 0 amide bonds. The highest BCUT2D eigenvalue weighted by molar-refractivity contribution is 7.99. The predicted octanol–water partition coefficient (Wildman–Crippen LogP) is 3.99. The third kappa shape index (κ3) is 2.55. The molecule has 0 aromatic heterocycles. The van der Waals surface area contributed by atoms with Gasteiger partial charge >= 0.3 is 0 Å². The summed E-state index contributed by atoms with van der Waals surface area (Å²) in [5.41, 5.74) is 1.20. The van der Waals surface area contributed by atoms with Gasteiger partial charge in [0.25, 0.3) is 0 Å². The molecule has 0 saturated heterocycles. The van der Waals surface area contributed by atoms with E-state index in [0.717, 1.165) is 9.79 Å². The molecule has 0 aliphatic rings. The van der Waals surface area contributed by atoms with Crippen molar-refractivity contribution in [3.8, 4) is 5.75 Å². The number of aryl methyl sites for hydroxylation is 1. The minimum absolute atomic E-state index is 0.312. The van der Waals surface area contributed by atoms with Crippen molar-refractivity contribution in [2.45, 2.75) is 16.7 Å². The third-order valence-corrected chi connectivity index (χ3v) is 3.17. The van der Waals surface area contributed by atoms with E-state index in [1.165, 1.54) is 29.5 Å². The van der Waals surface area contributed by atoms with Crippen LogP contribution in [-0.2, 0) is 0 Å². The maximum Gasteiger partial charge on any atom is 0.165 e. The number of rotatable bonds is 2. The van der Waals surface area contributed by atoms with E-state index < -0.39 is 5.82 Å². The van der Waals surface area contributed by atoms with Gasteiger partial charge < -0.3 is 5.11 Å². The Morgan fingerprint density at radius 1 is 1.00 bits per heavy atom. The van der Waals surface area contributed by atoms with Crippen LogP contribution in [-0.4, -0.2) is 5.11 Å². The molecule has 3 heteroatoms. The second-order valence-corrected chi connectivity index (χ2v) is 4.68. The number of benzene rings is 2. The second-order valence-electron chi connectivity index (χ2n) is 3.53. The van der Waals surface area contributed by atoms with Gasteiger partial charge in [0.05, 0.1) is 0 Å². The van der Waals surface area contributed by atoms with Crippen molar-refractivity contribution in [3.63, 3.8) is 0 Å². The van der Waals surface area contributed by atoms with Gasteiger partial charge in [-0.15, -0.1) is 0 Å². The molecule has 0 atom stereocenters. The molecule has 0 aliphatic heterocycles. The molecule has 0 bridgehead atoms. The standard InChI is InChI=1S/C13H11FOS/c1-9-2-4-10(5-3-9)16-11-6-7-13(15)12(14)8-11/h2-8,15H,1H3. The summed E-state index contributed by atoms with van der Waals surface area (Å²) in [5.74, 6) is -0.898. The molecular formula is C13H11FOS. The topological polar surface area (TPSA) is 20.2 Å². The Balaban J connectivity index is 2.20. The zero-order chi connectivity index (χ0) is 11.5. The van der Waals surface area contributed by atoms with E-state index in [-0.39, 0.29) is 5.75 Å². The number of hydrogen-bond acceptors (Lipinski definition) is 2. The molecule has 0 fully saturated rings. The van der Waals surface area contributed by atoms with E-state index in [9.17, 15) is 4.39 Å². The van der Waals surface area contributed by atoms with Gasteiger partial charge in [0.1, 0.15) is 0 Å². The molecule has 0 saturated carbocycles. The normalized spacial score (nSPS) is 10.4. The maximum absolute atomic E-state index is 13.1. The fourth-order valence-corrected chi connectivity index (χ4v) is 2.14. The van der Waals surface area contributed by atoms with Crippen LogP contribution in [0.15, 0.2) is 52.3 Å². The second kappa shape index (κ2) is 4.58. The molecule has 0 aliphatic carbocycles. The Bertz CT molecular complexity index is 494. The van der Waals surface area contributed by atoms with Crippen molar-refractivity contribution in [2.75, 3.05) is 0 Å². The average molecular weight is 234 g/mol. The summed E-state index contributed by atoms with van der Waals surface area (Å²) < 4.78 is 13.1. The van der Waals surface area contributed by atoms with Gasteiger partial charge in [0.15, 0.2) is 11.6 Å². The predicted molar refractivity (Wildman–Crippen MR) is 63.4 cm³/mol. The molecule has 1 N–H and O–H groups in total. The summed E-state index contributed by atoms with van der Waals surface area (Å²) in [6.45, 7) is 2.02. The first-order valence-corrected chi connectivity index (χ1v) is 5.70. The smallest absolute Gasteiger partial charge is 0.165 e. The highest BCUT2D eigenvalue weighted by atomic mass is 32.2. The molecule has 2 aromatic carbocycles. The monoisotopic (exact) mass is 234 g/mol. The lowest BCUT2D eigenvalue weighted by atomic mass is 10.2. The van der Waals surface area contributed by atoms with Gasteiger partial charge in [-0.3, -0.25) is 0 Å². The number of phenols is 1. The van der Waals surface area contributed by atoms with E-state index in [1.807, 2.05) is 31.2 Å².